The highest BCUT2D eigenvalue weighted by Gasteiger charge is 2.47. The van der Waals surface area contributed by atoms with Crippen molar-refractivity contribution in [1.29, 1.82) is 0 Å². The van der Waals surface area contributed by atoms with E-state index >= 15 is 0 Å². The highest BCUT2D eigenvalue weighted by Crippen LogP contribution is 2.37. The van der Waals surface area contributed by atoms with Crippen LogP contribution in [0.3, 0.4) is 0 Å². The van der Waals surface area contributed by atoms with Crippen LogP contribution in [0.2, 0.25) is 0 Å². The van der Waals surface area contributed by atoms with E-state index in [-0.39, 0.29) is 37.6 Å². The van der Waals surface area contributed by atoms with E-state index in [4.69, 9.17) is 4.74 Å². The third-order valence-corrected chi connectivity index (χ3v) is 6.33. The quantitative estimate of drug-likeness (QED) is 0.852. The number of thiophene rings is 1. The predicted molar refractivity (Wildman–Crippen MR) is 102 cm³/mol. The van der Waals surface area contributed by atoms with Crippen LogP contribution >= 0.6 is 11.3 Å². The molecule has 2 aliphatic heterocycles. The van der Waals surface area contributed by atoms with Crippen LogP contribution in [-0.2, 0) is 16.0 Å². The maximum atomic E-state index is 13.3. The second kappa shape index (κ2) is 7.63. The number of amides is 3. The van der Waals surface area contributed by atoms with Crippen molar-refractivity contribution in [3.8, 4) is 0 Å². The molecule has 7 nitrogen and oxygen atoms in total. The minimum atomic E-state index is -1.05. The van der Waals surface area contributed by atoms with Gasteiger partial charge in [-0.15, -0.1) is 11.3 Å². The Kier molecular flexibility index (Phi) is 5.04. The topological polar surface area (TPSA) is 87.2 Å². The van der Waals surface area contributed by atoms with Gasteiger partial charge in [0.25, 0.3) is 0 Å². The number of rotatable bonds is 4. The van der Waals surface area contributed by atoms with E-state index < -0.39 is 18.1 Å². The number of hydrogen-bond acceptors (Lipinski definition) is 5. The lowest BCUT2D eigenvalue weighted by Gasteiger charge is -2.25. The molecule has 0 saturated carbocycles. The van der Waals surface area contributed by atoms with Crippen LogP contribution in [0, 0.1) is 5.92 Å². The summed E-state index contributed by atoms with van der Waals surface area (Å²) in [5, 5.41) is 11.3. The first-order valence-electron chi connectivity index (χ1n) is 9.09. The highest BCUT2D eigenvalue weighted by molar-refractivity contribution is 7.10. The number of carbonyl (C=O) groups excluding carboxylic acids is 2. The van der Waals surface area contributed by atoms with Crippen molar-refractivity contribution in [2.75, 3.05) is 19.7 Å². The van der Waals surface area contributed by atoms with Crippen LogP contribution in [0.1, 0.15) is 16.4 Å². The van der Waals surface area contributed by atoms with Gasteiger partial charge in [0.05, 0.1) is 12.0 Å². The van der Waals surface area contributed by atoms with E-state index in [1.54, 1.807) is 0 Å². The fourth-order valence-corrected chi connectivity index (χ4v) is 4.83. The van der Waals surface area contributed by atoms with Crippen LogP contribution in [0.4, 0.5) is 9.59 Å². The summed E-state index contributed by atoms with van der Waals surface area (Å²) in [5.41, 5.74) is 1.01. The molecule has 4 rings (SSSR count). The standard InChI is InChI=1S/C20H20N2O5S/c23-18(16-11-21(19(24)25)10-15(16)17-7-4-8-28-17)22-14(12-27-20(22)26)9-13-5-2-1-3-6-13/h1-8,14-16H,9-12H2,(H,24,25)/t14-,15+,16+/m1/s1. The molecule has 0 radical (unpaired) electrons. The van der Waals surface area contributed by atoms with Gasteiger partial charge in [0.15, 0.2) is 0 Å². The molecule has 0 unspecified atom stereocenters. The first-order valence-corrected chi connectivity index (χ1v) is 9.97. The van der Waals surface area contributed by atoms with E-state index in [1.165, 1.54) is 21.1 Å². The minimum Gasteiger partial charge on any atom is -0.465 e. The average Bonchev–Trinajstić information content (AvgIpc) is 3.41. The second-order valence-electron chi connectivity index (χ2n) is 7.04. The number of hydrogen-bond donors (Lipinski definition) is 1. The molecule has 0 spiro atoms. The summed E-state index contributed by atoms with van der Waals surface area (Å²) in [6, 6.07) is 13.0. The molecule has 28 heavy (non-hydrogen) atoms. The number of carboxylic acid groups (broad SMARTS) is 1. The summed E-state index contributed by atoms with van der Waals surface area (Å²) in [4.78, 5) is 40.6. The van der Waals surface area contributed by atoms with Gasteiger partial charge in [0, 0.05) is 23.9 Å². The predicted octanol–water partition coefficient (Wildman–Crippen LogP) is 3.03. The molecule has 2 saturated heterocycles. The zero-order valence-electron chi connectivity index (χ0n) is 15.1. The lowest BCUT2D eigenvalue weighted by atomic mass is 9.92. The van der Waals surface area contributed by atoms with E-state index in [2.05, 4.69) is 0 Å². The van der Waals surface area contributed by atoms with Crippen LogP contribution in [0.15, 0.2) is 47.8 Å². The first-order chi connectivity index (χ1) is 13.5. The van der Waals surface area contributed by atoms with Crippen molar-refractivity contribution in [3.05, 3.63) is 58.3 Å². The van der Waals surface area contributed by atoms with E-state index in [0.717, 1.165) is 10.4 Å². The third kappa shape index (κ3) is 3.47. The monoisotopic (exact) mass is 400 g/mol. The first kappa shape index (κ1) is 18.5. The van der Waals surface area contributed by atoms with Crippen LogP contribution < -0.4 is 0 Å². The Morgan fingerprint density at radius 1 is 1.14 bits per heavy atom. The average molecular weight is 400 g/mol. The van der Waals surface area contributed by atoms with Crippen molar-refractivity contribution in [2.24, 2.45) is 5.92 Å². The summed E-state index contributed by atoms with van der Waals surface area (Å²) in [5.74, 6) is -1.21. The molecule has 146 valence electrons. The lowest BCUT2D eigenvalue weighted by Crippen LogP contribution is -2.45. The molecule has 3 atom stereocenters. The SMILES string of the molecule is O=C(O)N1C[C@H](C(=O)N2C(=O)OC[C@H]2Cc2ccccc2)[C@@H](c2cccs2)C1. The number of benzene rings is 1. The van der Waals surface area contributed by atoms with Crippen molar-refractivity contribution in [2.45, 2.75) is 18.4 Å². The van der Waals surface area contributed by atoms with E-state index in [9.17, 15) is 19.5 Å². The van der Waals surface area contributed by atoms with Gasteiger partial charge in [-0.3, -0.25) is 4.79 Å². The number of ether oxygens (including phenoxy) is 1. The fraction of sp³-hybridized carbons (Fsp3) is 0.350. The zero-order chi connectivity index (χ0) is 19.7. The summed E-state index contributed by atoms with van der Waals surface area (Å²) in [6.45, 7) is 0.482. The molecular formula is C20H20N2O5S. The molecule has 0 bridgehead atoms. The number of imide groups is 1. The molecule has 2 aliphatic rings. The Labute approximate surface area is 166 Å². The molecule has 1 aromatic heterocycles. The molecule has 1 aromatic carbocycles. The molecule has 2 aromatic rings. The number of cyclic esters (lactones) is 1. The van der Waals surface area contributed by atoms with Gasteiger partial charge in [-0.2, -0.15) is 0 Å². The molecule has 8 heteroatoms. The largest absolute Gasteiger partial charge is 0.465 e. The molecule has 1 N–H and O–H groups in total. The Bertz CT molecular complexity index is 870. The Hall–Kier alpha value is -2.87. The normalized spacial score (nSPS) is 24.4. The van der Waals surface area contributed by atoms with Crippen molar-refractivity contribution >= 4 is 29.4 Å². The smallest absolute Gasteiger partial charge is 0.416 e. The molecule has 0 aliphatic carbocycles. The van der Waals surface area contributed by atoms with Gasteiger partial charge in [-0.05, 0) is 23.4 Å². The zero-order valence-corrected chi connectivity index (χ0v) is 15.9. The van der Waals surface area contributed by atoms with Gasteiger partial charge in [-0.1, -0.05) is 36.4 Å². The summed E-state index contributed by atoms with van der Waals surface area (Å²) in [6.07, 6.45) is -1.19. The van der Waals surface area contributed by atoms with Gasteiger partial charge in [0.2, 0.25) is 5.91 Å². The third-order valence-electron chi connectivity index (χ3n) is 5.33. The van der Waals surface area contributed by atoms with Crippen molar-refractivity contribution in [1.82, 2.24) is 9.80 Å². The van der Waals surface area contributed by atoms with Crippen LogP contribution in [0.5, 0.6) is 0 Å². The van der Waals surface area contributed by atoms with Gasteiger partial charge in [-0.25, -0.2) is 14.5 Å². The Morgan fingerprint density at radius 2 is 1.93 bits per heavy atom. The second-order valence-corrected chi connectivity index (χ2v) is 8.02. The summed E-state index contributed by atoms with van der Waals surface area (Å²) < 4.78 is 5.17. The number of nitrogens with zero attached hydrogens (tertiary/aromatic N) is 2. The highest BCUT2D eigenvalue weighted by atomic mass is 32.1. The van der Waals surface area contributed by atoms with Crippen molar-refractivity contribution < 1.29 is 24.2 Å². The van der Waals surface area contributed by atoms with Crippen LogP contribution in [-0.4, -0.2) is 58.7 Å². The molecule has 3 heterocycles. The van der Waals surface area contributed by atoms with Gasteiger partial charge < -0.3 is 14.7 Å². The van der Waals surface area contributed by atoms with Gasteiger partial charge >= 0.3 is 12.2 Å². The Balaban J connectivity index is 1.58. The van der Waals surface area contributed by atoms with Crippen LogP contribution in [0.25, 0.3) is 0 Å². The fourth-order valence-electron chi connectivity index (χ4n) is 3.95. The maximum Gasteiger partial charge on any atom is 0.416 e. The lowest BCUT2D eigenvalue weighted by molar-refractivity contribution is -0.133. The maximum absolute atomic E-state index is 13.3. The number of likely N-dealkylation sites (tertiary alicyclic amines) is 1. The molecule has 3 amide bonds. The van der Waals surface area contributed by atoms with Crippen molar-refractivity contribution in [3.63, 3.8) is 0 Å². The van der Waals surface area contributed by atoms with E-state index in [0.29, 0.717) is 6.42 Å². The van der Waals surface area contributed by atoms with E-state index in [1.807, 2.05) is 47.8 Å². The number of carbonyl (C=O) groups is 3. The summed E-state index contributed by atoms with van der Waals surface area (Å²) in [7, 11) is 0. The minimum absolute atomic E-state index is 0.0819. The summed E-state index contributed by atoms with van der Waals surface area (Å²) >= 11 is 1.50. The molecular weight excluding hydrogens is 380 g/mol. The Morgan fingerprint density at radius 3 is 2.61 bits per heavy atom. The van der Waals surface area contributed by atoms with Gasteiger partial charge in [0.1, 0.15) is 6.61 Å². The molecule has 2 fully saturated rings.